The van der Waals surface area contributed by atoms with Crippen LogP contribution in [0, 0.1) is 5.92 Å². The van der Waals surface area contributed by atoms with E-state index in [1.54, 1.807) is 0 Å². The third-order valence-corrected chi connectivity index (χ3v) is 4.36. The fourth-order valence-corrected chi connectivity index (χ4v) is 3.76. The topological polar surface area (TPSA) is 15.3 Å². The molecule has 1 saturated carbocycles. The van der Waals surface area contributed by atoms with Gasteiger partial charge in [-0.25, -0.2) is 0 Å². The van der Waals surface area contributed by atoms with Crippen LogP contribution in [-0.4, -0.2) is 36.6 Å². The van der Waals surface area contributed by atoms with Crippen LogP contribution in [0.5, 0.6) is 0 Å². The van der Waals surface area contributed by atoms with E-state index in [4.69, 9.17) is 0 Å². The lowest BCUT2D eigenvalue weighted by Crippen LogP contribution is -2.57. The highest BCUT2D eigenvalue weighted by Crippen LogP contribution is 2.38. The zero-order valence-corrected chi connectivity index (χ0v) is 11.1. The lowest BCUT2D eigenvalue weighted by Gasteiger charge is -2.49. The van der Waals surface area contributed by atoms with Crippen LogP contribution in [-0.2, 0) is 0 Å². The average molecular weight is 224 g/mol. The maximum absolute atomic E-state index is 3.48. The van der Waals surface area contributed by atoms with E-state index in [0.717, 1.165) is 5.92 Å². The summed E-state index contributed by atoms with van der Waals surface area (Å²) in [6, 6.07) is 0. The van der Waals surface area contributed by atoms with E-state index < -0.39 is 0 Å². The summed E-state index contributed by atoms with van der Waals surface area (Å²) in [6.07, 6.45) is 8.68. The minimum Gasteiger partial charge on any atom is -0.314 e. The van der Waals surface area contributed by atoms with Crippen molar-refractivity contribution in [3.63, 3.8) is 0 Å². The van der Waals surface area contributed by atoms with Crippen molar-refractivity contribution >= 4 is 0 Å². The highest BCUT2D eigenvalue weighted by Gasteiger charge is 2.38. The van der Waals surface area contributed by atoms with E-state index >= 15 is 0 Å². The summed E-state index contributed by atoms with van der Waals surface area (Å²) in [6.45, 7) is 9.70. The summed E-state index contributed by atoms with van der Waals surface area (Å²) < 4.78 is 0. The van der Waals surface area contributed by atoms with Gasteiger partial charge in [-0.05, 0) is 25.2 Å². The van der Waals surface area contributed by atoms with Crippen molar-refractivity contribution in [1.29, 1.82) is 0 Å². The van der Waals surface area contributed by atoms with Gasteiger partial charge < -0.3 is 5.32 Å². The zero-order valence-electron chi connectivity index (χ0n) is 11.1. The van der Waals surface area contributed by atoms with Crippen LogP contribution in [0.15, 0.2) is 0 Å². The van der Waals surface area contributed by atoms with Crippen LogP contribution >= 0.6 is 0 Å². The highest BCUT2D eigenvalue weighted by atomic mass is 15.2. The molecule has 16 heavy (non-hydrogen) atoms. The van der Waals surface area contributed by atoms with E-state index in [1.807, 2.05) is 0 Å². The average Bonchev–Trinajstić information content (AvgIpc) is 2.30. The highest BCUT2D eigenvalue weighted by molar-refractivity contribution is 4.95. The molecular weight excluding hydrogens is 196 g/mol. The van der Waals surface area contributed by atoms with Gasteiger partial charge in [-0.1, -0.05) is 33.1 Å². The molecule has 2 aliphatic rings. The SMILES string of the molecule is CC(C)CC1(N2CCNCC2)CCCCC1. The fourth-order valence-electron chi connectivity index (χ4n) is 3.76. The molecule has 0 aromatic heterocycles. The van der Waals surface area contributed by atoms with Gasteiger partial charge >= 0.3 is 0 Å². The normalized spacial score (nSPS) is 27.2. The molecule has 0 aromatic rings. The number of hydrogen-bond acceptors (Lipinski definition) is 2. The largest absolute Gasteiger partial charge is 0.314 e. The molecule has 1 aliphatic carbocycles. The fraction of sp³-hybridized carbons (Fsp3) is 1.00. The summed E-state index contributed by atoms with van der Waals surface area (Å²) in [5.74, 6) is 0.841. The molecule has 1 saturated heterocycles. The van der Waals surface area contributed by atoms with Crippen LogP contribution in [0.1, 0.15) is 52.4 Å². The second-order valence-electron chi connectivity index (χ2n) is 6.12. The second kappa shape index (κ2) is 5.50. The predicted molar refractivity (Wildman–Crippen MR) is 69.7 cm³/mol. The van der Waals surface area contributed by atoms with E-state index in [1.165, 1.54) is 64.7 Å². The molecule has 1 heterocycles. The molecule has 1 N–H and O–H groups in total. The first-order valence-corrected chi connectivity index (χ1v) is 7.19. The van der Waals surface area contributed by atoms with E-state index in [0.29, 0.717) is 5.54 Å². The van der Waals surface area contributed by atoms with E-state index in [9.17, 15) is 0 Å². The Labute approximate surface area is 101 Å². The van der Waals surface area contributed by atoms with Crippen LogP contribution in [0.3, 0.4) is 0 Å². The van der Waals surface area contributed by atoms with Crippen molar-refractivity contribution < 1.29 is 0 Å². The van der Waals surface area contributed by atoms with Crippen molar-refractivity contribution in [3.8, 4) is 0 Å². The smallest absolute Gasteiger partial charge is 0.0213 e. The van der Waals surface area contributed by atoms with Gasteiger partial charge in [0.05, 0.1) is 0 Å². The van der Waals surface area contributed by atoms with Gasteiger partial charge in [-0.3, -0.25) is 4.90 Å². The lowest BCUT2D eigenvalue weighted by atomic mass is 9.75. The molecular formula is C14H28N2. The Balaban J connectivity index is 2.05. The van der Waals surface area contributed by atoms with Crippen molar-refractivity contribution in [3.05, 3.63) is 0 Å². The molecule has 0 bridgehead atoms. The van der Waals surface area contributed by atoms with Gasteiger partial charge in [0.1, 0.15) is 0 Å². The maximum Gasteiger partial charge on any atom is 0.0213 e. The number of rotatable bonds is 3. The first-order chi connectivity index (χ1) is 7.73. The van der Waals surface area contributed by atoms with Crippen LogP contribution in [0.4, 0.5) is 0 Å². The van der Waals surface area contributed by atoms with Crippen molar-refractivity contribution in [2.24, 2.45) is 5.92 Å². The maximum atomic E-state index is 3.48. The second-order valence-corrected chi connectivity index (χ2v) is 6.12. The molecule has 0 atom stereocenters. The van der Waals surface area contributed by atoms with E-state index in [-0.39, 0.29) is 0 Å². The Kier molecular flexibility index (Phi) is 4.26. The lowest BCUT2D eigenvalue weighted by molar-refractivity contribution is 0.0223. The van der Waals surface area contributed by atoms with Gasteiger partial charge in [0.25, 0.3) is 0 Å². The summed E-state index contributed by atoms with van der Waals surface area (Å²) in [5, 5.41) is 3.48. The van der Waals surface area contributed by atoms with Crippen molar-refractivity contribution in [2.45, 2.75) is 57.9 Å². The third-order valence-electron chi connectivity index (χ3n) is 4.36. The summed E-state index contributed by atoms with van der Waals surface area (Å²) in [7, 11) is 0. The molecule has 94 valence electrons. The zero-order chi connectivity index (χ0) is 11.4. The molecule has 2 nitrogen and oxygen atoms in total. The van der Waals surface area contributed by atoms with Crippen molar-refractivity contribution in [2.75, 3.05) is 26.2 Å². The number of nitrogens with zero attached hydrogens (tertiary/aromatic N) is 1. The molecule has 0 amide bonds. The first kappa shape index (κ1) is 12.4. The van der Waals surface area contributed by atoms with Gasteiger partial charge in [0, 0.05) is 31.7 Å². The van der Waals surface area contributed by atoms with Crippen LogP contribution < -0.4 is 5.32 Å². The van der Waals surface area contributed by atoms with Crippen molar-refractivity contribution in [1.82, 2.24) is 10.2 Å². The van der Waals surface area contributed by atoms with E-state index in [2.05, 4.69) is 24.1 Å². The Bertz CT molecular complexity index is 201. The molecule has 0 spiro atoms. The number of hydrogen-bond donors (Lipinski definition) is 1. The quantitative estimate of drug-likeness (QED) is 0.793. The van der Waals surface area contributed by atoms with Gasteiger partial charge in [-0.2, -0.15) is 0 Å². The van der Waals surface area contributed by atoms with Gasteiger partial charge in [0.15, 0.2) is 0 Å². The van der Waals surface area contributed by atoms with Gasteiger partial charge in [-0.15, -0.1) is 0 Å². The molecule has 1 aliphatic heterocycles. The molecule has 0 radical (unpaired) electrons. The summed E-state index contributed by atoms with van der Waals surface area (Å²) in [5.41, 5.74) is 0.564. The standard InChI is InChI=1S/C14H28N2/c1-13(2)12-14(6-4-3-5-7-14)16-10-8-15-9-11-16/h13,15H,3-12H2,1-2H3. The number of piperazine rings is 1. The van der Waals surface area contributed by atoms with Gasteiger partial charge in [0.2, 0.25) is 0 Å². The van der Waals surface area contributed by atoms with Crippen LogP contribution in [0.25, 0.3) is 0 Å². The van der Waals surface area contributed by atoms with Crippen LogP contribution in [0.2, 0.25) is 0 Å². The molecule has 2 fully saturated rings. The molecule has 0 unspecified atom stereocenters. The summed E-state index contributed by atoms with van der Waals surface area (Å²) in [4.78, 5) is 2.81. The Morgan fingerprint density at radius 3 is 2.25 bits per heavy atom. The minimum atomic E-state index is 0.564. The number of nitrogens with one attached hydrogen (secondary N) is 1. The Hall–Kier alpha value is -0.0800. The Morgan fingerprint density at radius 1 is 1.06 bits per heavy atom. The predicted octanol–water partition coefficient (Wildman–Crippen LogP) is 2.64. The summed E-state index contributed by atoms with van der Waals surface area (Å²) >= 11 is 0. The molecule has 2 heteroatoms. The minimum absolute atomic E-state index is 0.564. The molecule has 2 rings (SSSR count). The third kappa shape index (κ3) is 2.78. The Morgan fingerprint density at radius 2 is 1.69 bits per heavy atom. The molecule has 0 aromatic carbocycles. The first-order valence-electron chi connectivity index (χ1n) is 7.19. The monoisotopic (exact) mass is 224 g/mol.